The second-order valence-corrected chi connectivity index (χ2v) is 4.82. The van der Waals surface area contributed by atoms with Gasteiger partial charge in [-0.2, -0.15) is 0 Å². The second kappa shape index (κ2) is 4.53. The topological polar surface area (TPSA) is 45.5 Å². The van der Waals surface area contributed by atoms with Crippen LogP contribution >= 0.6 is 0 Å². The molecule has 0 saturated carbocycles. The zero-order valence-corrected chi connectivity index (χ0v) is 10.5. The van der Waals surface area contributed by atoms with Gasteiger partial charge in [-0.3, -0.25) is 4.79 Å². The molecule has 1 aromatic heterocycles. The molecule has 2 rings (SSSR count). The summed E-state index contributed by atoms with van der Waals surface area (Å²) >= 11 is 0. The van der Waals surface area contributed by atoms with Crippen LogP contribution in [0.1, 0.15) is 37.2 Å². The highest BCUT2D eigenvalue weighted by molar-refractivity contribution is 5.93. The quantitative estimate of drug-likeness (QED) is 0.861. The summed E-state index contributed by atoms with van der Waals surface area (Å²) in [6.45, 7) is 5.79. The molecule has 0 spiro atoms. The summed E-state index contributed by atoms with van der Waals surface area (Å²) in [6, 6.07) is 3.72. The molecule has 1 N–H and O–H groups in total. The van der Waals surface area contributed by atoms with Gasteiger partial charge >= 0.3 is 0 Å². The largest absolute Gasteiger partial charge is 0.386 e. The lowest BCUT2D eigenvalue weighted by Gasteiger charge is -2.46. The van der Waals surface area contributed by atoms with E-state index in [9.17, 15) is 9.90 Å². The van der Waals surface area contributed by atoms with E-state index < -0.39 is 5.60 Å². The molecule has 0 atom stereocenters. The van der Waals surface area contributed by atoms with Crippen molar-refractivity contribution in [2.24, 2.45) is 0 Å². The smallest absolute Gasteiger partial charge is 0.270 e. The third-order valence-electron chi connectivity index (χ3n) is 3.36. The van der Waals surface area contributed by atoms with Gasteiger partial charge in [-0.15, -0.1) is 0 Å². The maximum absolute atomic E-state index is 12.2. The van der Waals surface area contributed by atoms with Gasteiger partial charge in [0.25, 0.3) is 5.91 Å². The lowest BCUT2D eigenvalue weighted by atomic mass is 9.89. The molecule has 1 aliphatic heterocycles. The molecule has 0 aromatic carbocycles. The molecular formula is C13H20N2O2. The van der Waals surface area contributed by atoms with Crippen molar-refractivity contribution in [1.29, 1.82) is 0 Å². The number of hydrogen-bond donors (Lipinski definition) is 1. The van der Waals surface area contributed by atoms with Crippen molar-refractivity contribution in [3.05, 3.63) is 24.0 Å². The summed E-state index contributed by atoms with van der Waals surface area (Å²) in [5, 5.41) is 10.1. The molecule has 17 heavy (non-hydrogen) atoms. The molecule has 2 heterocycles. The molecule has 1 fully saturated rings. The molecule has 0 unspecified atom stereocenters. The predicted molar refractivity (Wildman–Crippen MR) is 65.9 cm³/mol. The average Bonchev–Trinajstić information content (AvgIpc) is 2.73. The van der Waals surface area contributed by atoms with Crippen molar-refractivity contribution in [3.8, 4) is 0 Å². The number of hydrogen-bond acceptors (Lipinski definition) is 2. The van der Waals surface area contributed by atoms with Gasteiger partial charge in [-0.25, -0.2) is 0 Å². The number of nitrogens with zero attached hydrogens (tertiary/aromatic N) is 2. The molecule has 1 amide bonds. The van der Waals surface area contributed by atoms with Crippen molar-refractivity contribution in [2.45, 2.75) is 38.8 Å². The van der Waals surface area contributed by atoms with E-state index in [1.807, 2.05) is 36.7 Å². The van der Waals surface area contributed by atoms with Crippen LogP contribution in [0.25, 0.3) is 0 Å². The highest BCUT2D eigenvalue weighted by atomic mass is 16.3. The van der Waals surface area contributed by atoms with Crippen molar-refractivity contribution < 1.29 is 9.90 Å². The summed E-state index contributed by atoms with van der Waals surface area (Å²) in [7, 11) is 0. The first-order valence-corrected chi connectivity index (χ1v) is 6.26. The van der Waals surface area contributed by atoms with Gasteiger partial charge in [0.05, 0.1) is 18.7 Å². The number of β-amino-alcohol motifs (C(OH)–C–C–N with tert-alkyl or cyclic N) is 1. The van der Waals surface area contributed by atoms with Gasteiger partial charge in [0.1, 0.15) is 5.69 Å². The molecule has 0 bridgehead atoms. The van der Waals surface area contributed by atoms with Gasteiger partial charge < -0.3 is 14.6 Å². The summed E-state index contributed by atoms with van der Waals surface area (Å²) in [5.41, 5.74) is 0.0691. The summed E-state index contributed by atoms with van der Waals surface area (Å²) < 4.78 is 1.93. The Labute approximate surface area is 102 Å². The number of aliphatic hydroxyl groups is 1. The minimum Gasteiger partial charge on any atom is -0.386 e. The monoisotopic (exact) mass is 236 g/mol. The Morgan fingerprint density at radius 3 is 2.76 bits per heavy atom. The molecule has 4 nitrogen and oxygen atoms in total. The Balaban J connectivity index is 2.00. The fraction of sp³-hybridized carbons (Fsp3) is 0.615. The van der Waals surface area contributed by atoms with E-state index in [0.717, 1.165) is 19.4 Å². The summed E-state index contributed by atoms with van der Waals surface area (Å²) in [5.74, 6) is 0.0256. The number of aromatic nitrogens is 1. The lowest BCUT2D eigenvalue weighted by molar-refractivity contribution is -0.0862. The second-order valence-electron chi connectivity index (χ2n) is 4.82. The number of rotatable bonds is 4. The van der Waals surface area contributed by atoms with Gasteiger partial charge in [0.15, 0.2) is 0 Å². The zero-order valence-electron chi connectivity index (χ0n) is 10.5. The Kier molecular flexibility index (Phi) is 3.24. The molecule has 94 valence electrons. The SMILES string of the molecule is CCCC1(O)CN(C(=O)c2cccn2CC)C1. The van der Waals surface area contributed by atoms with Gasteiger partial charge in [0, 0.05) is 12.7 Å². The minimum atomic E-state index is -0.645. The van der Waals surface area contributed by atoms with Crippen LogP contribution < -0.4 is 0 Å². The Morgan fingerprint density at radius 2 is 2.18 bits per heavy atom. The van der Waals surface area contributed by atoms with Crippen LogP contribution in [0, 0.1) is 0 Å². The highest BCUT2D eigenvalue weighted by Crippen LogP contribution is 2.27. The van der Waals surface area contributed by atoms with Crippen LogP contribution in [0.4, 0.5) is 0 Å². The Hall–Kier alpha value is -1.29. The van der Waals surface area contributed by atoms with Crippen molar-refractivity contribution in [2.75, 3.05) is 13.1 Å². The fourth-order valence-electron chi connectivity index (χ4n) is 2.48. The Bertz CT molecular complexity index is 405. The van der Waals surface area contributed by atoms with E-state index in [0.29, 0.717) is 18.8 Å². The third kappa shape index (κ3) is 2.22. The van der Waals surface area contributed by atoms with Crippen molar-refractivity contribution in [3.63, 3.8) is 0 Å². The molecule has 1 aliphatic rings. The third-order valence-corrected chi connectivity index (χ3v) is 3.36. The predicted octanol–water partition coefficient (Wildman–Crippen LogP) is 1.50. The van der Waals surface area contributed by atoms with E-state index in [1.165, 1.54) is 0 Å². The highest BCUT2D eigenvalue weighted by Gasteiger charge is 2.43. The van der Waals surface area contributed by atoms with E-state index in [2.05, 4.69) is 0 Å². The maximum atomic E-state index is 12.2. The lowest BCUT2D eigenvalue weighted by Crippen LogP contribution is -2.63. The molecule has 1 aromatic rings. The number of likely N-dealkylation sites (tertiary alicyclic amines) is 1. The zero-order chi connectivity index (χ0) is 12.5. The van der Waals surface area contributed by atoms with E-state index in [1.54, 1.807) is 4.90 Å². The fourth-order valence-corrected chi connectivity index (χ4v) is 2.48. The number of carbonyl (C=O) groups excluding carboxylic acids is 1. The van der Waals surface area contributed by atoms with Crippen molar-refractivity contribution >= 4 is 5.91 Å². The van der Waals surface area contributed by atoms with Crippen LogP contribution in [-0.2, 0) is 6.54 Å². The van der Waals surface area contributed by atoms with Crippen LogP contribution in [0.3, 0.4) is 0 Å². The van der Waals surface area contributed by atoms with Crippen LogP contribution in [0.5, 0.6) is 0 Å². The number of carbonyl (C=O) groups is 1. The molecule has 1 saturated heterocycles. The first kappa shape index (κ1) is 12.2. The summed E-state index contributed by atoms with van der Waals surface area (Å²) in [6.07, 6.45) is 3.63. The summed E-state index contributed by atoms with van der Waals surface area (Å²) in [4.78, 5) is 13.9. The number of aryl methyl sites for hydroxylation is 1. The van der Waals surface area contributed by atoms with Gasteiger partial charge in [-0.1, -0.05) is 13.3 Å². The molecule has 4 heteroatoms. The van der Waals surface area contributed by atoms with E-state index in [-0.39, 0.29) is 5.91 Å². The van der Waals surface area contributed by atoms with E-state index in [4.69, 9.17) is 0 Å². The maximum Gasteiger partial charge on any atom is 0.270 e. The van der Waals surface area contributed by atoms with Crippen molar-refractivity contribution in [1.82, 2.24) is 9.47 Å². The van der Waals surface area contributed by atoms with E-state index >= 15 is 0 Å². The first-order valence-electron chi connectivity index (χ1n) is 6.26. The minimum absolute atomic E-state index is 0.0256. The Morgan fingerprint density at radius 1 is 1.47 bits per heavy atom. The molecule has 0 radical (unpaired) electrons. The normalized spacial score (nSPS) is 17.9. The average molecular weight is 236 g/mol. The molecule has 0 aliphatic carbocycles. The van der Waals surface area contributed by atoms with Crippen LogP contribution in [-0.4, -0.2) is 39.2 Å². The van der Waals surface area contributed by atoms with Gasteiger partial charge in [0.2, 0.25) is 0 Å². The van der Waals surface area contributed by atoms with Crippen LogP contribution in [0.2, 0.25) is 0 Å². The van der Waals surface area contributed by atoms with Crippen LogP contribution in [0.15, 0.2) is 18.3 Å². The first-order chi connectivity index (χ1) is 8.09. The number of amides is 1. The van der Waals surface area contributed by atoms with Gasteiger partial charge in [-0.05, 0) is 25.5 Å². The molecular weight excluding hydrogens is 216 g/mol. The standard InChI is InChI=1S/C13H20N2O2/c1-3-7-13(17)9-15(10-13)12(16)11-6-5-8-14(11)4-2/h5-6,8,17H,3-4,7,9-10H2,1-2H3.